The fourth-order valence-electron chi connectivity index (χ4n) is 2.49. The van der Waals surface area contributed by atoms with Gasteiger partial charge in [0.2, 0.25) is 0 Å². The molecule has 2 aromatic rings. The van der Waals surface area contributed by atoms with Crippen molar-refractivity contribution >= 4 is 11.4 Å². The Morgan fingerprint density at radius 3 is 2.32 bits per heavy atom. The fourth-order valence-corrected chi connectivity index (χ4v) is 2.49. The summed E-state index contributed by atoms with van der Waals surface area (Å²) in [6, 6.07) is 16.8. The molecule has 0 aliphatic rings. The van der Waals surface area contributed by atoms with Crippen LogP contribution in [0.25, 0.3) is 0 Å². The van der Waals surface area contributed by atoms with Gasteiger partial charge < -0.3 is 15.0 Å². The molecular formula is C19H26N2O. The topological polar surface area (TPSA) is 24.5 Å². The summed E-state index contributed by atoms with van der Waals surface area (Å²) in [4.78, 5) is 2.34. The zero-order valence-corrected chi connectivity index (χ0v) is 13.8. The zero-order valence-electron chi connectivity index (χ0n) is 13.8. The van der Waals surface area contributed by atoms with E-state index < -0.39 is 0 Å². The minimum Gasteiger partial charge on any atom is -0.494 e. The number of hydrogen-bond acceptors (Lipinski definition) is 3. The Morgan fingerprint density at radius 2 is 1.68 bits per heavy atom. The second-order valence-electron chi connectivity index (χ2n) is 5.15. The minimum absolute atomic E-state index is 0.698. The van der Waals surface area contributed by atoms with Gasteiger partial charge in [-0.1, -0.05) is 12.1 Å². The molecule has 0 heterocycles. The van der Waals surface area contributed by atoms with Gasteiger partial charge in [0, 0.05) is 31.0 Å². The van der Waals surface area contributed by atoms with Crippen LogP contribution >= 0.6 is 0 Å². The highest BCUT2D eigenvalue weighted by Gasteiger charge is 2.01. The van der Waals surface area contributed by atoms with Crippen molar-refractivity contribution in [3.05, 3.63) is 54.1 Å². The van der Waals surface area contributed by atoms with Crippen LogP contribution in [0.1, 0.15) is 26.3 Å². The van der Waals surface area contributed by atoms with Crippen LogP contribution in [0.5, 0.6) is 5.75 Å². The summed E-state index contributed by atoms with van der Waals surface area (Å²) < 4.78 is 5.53. The van der Waals surface area contributed by atoms with Crippen LogP contribution < -0.4 is 15.0 Å². The Hall–Kier alpha value is -2.16. The Kier molecular flexibility index (Phi) is 6.13. The number of anilines is 2. The maximum Gasteiger partial charge on any atom is 0.119 e. The number of nitrogens with zero attached hydrogens (tertiary/aromatic N) is 1. The molecule has 118 valence electrons. The second-order valence-corrected chi connectivity index (χ2v) is 5.15. The molecule has 0 radical (unpaired) electrons. The molecule has 0 aromatic heterocycles. The highest BCUT2D eigenvalue weighted by Crippen LogP contribution is 2.19. The SMILES string of the molecule is CCOc1cccc(CNc2ccc(N(CC)CC)cc2)c1. The Bertz CT molecular complexity index is 562. The predicted molar refractivity (Wildman–Crippen MR) is 94.9 cm³/mol. The molecule has 0 aliphatic carbocycles. The van der Waals surface area contributed by atoms with Gasteiger partial charge in [0.05, 0.1) is 6.61 Å². The van der Waals surface area contributed by atoms with Gasteiger partial charge in [-0.2, -0.15) is 0 Å². The summed E-state index contributed by atoms with van der Waals surface area (Å²) in [6.45, 7) is 9.93. The van der Waals surface area contributed by atoms with E-state index in [1.54, 1.807) is 0 Å². The monoisotopic (exact) mass is 298 g/mol. The van der Waals surface area contributed by atoms with Crippen molar-refractivity contribution in [2.45, 2.75) is 27.3 Å². The first kappa shape index (κ1) is 16.2. The molecule has 0 unspecified atom stereocenters. The van der Waals surface area contributed by atoms with Crippen LogP contribution in [0, 0.1) is 0 Å². The molecule has 2 rings (SSSR count). The van der Waals surface area contributed by atoms with Crippen LogP contribution in [0.4, 0.5) is 11.4 Å². The molecule has 3 heteroatoms. The molecule has 0 atom stereocenters. The summed E-state index contributed by atoms with van der Waals surface area (Å²) in [5, 5.41) is 3.46. The van der Waals surface area contributed by atoms with Gasteiger partial charge in [0.25, 0.3) is 0 Å². The number of ether oxygens (including phenoxy) is 1. The van der Waals surface area contributed by atoms with E-state index in [1.807, 2.05) is 19.1 Å². The van der Waals surface area contributed by atoms with E-state index in [0.29, 0.717) is 6.61 Å². The fraction of sp³-hybridized carbons (Fsp3) is 0.368. The average Bonchev–Trinajstić information content (AvgIpc) is 2.56. The third-order valence-corrected chi connectivity index (χ3v) is 3.70. The number of rotatable bonds is 8. The van der Waals surface area contributed by atoms with Crippen molar-refractivity contribution in [2.75, 3.05) is 29.9 Å². The molecular weight excluding hydrogens is 272 g/mol. The largest absolute Gasteiger partial charge is 0.494 e. The first-order valence-electron chi connectivity index (χ1n) is 8.07. The van der Waals surface area contributed by atoms with E-state index in [0.717, 1.165) is 31.1 Å². The van der Waals surface area contributed by atoms with Crippen molar-refractivity contribution in [1.82, 2.24) is 0 Å². The summed E-state index contributed by atoms with van der Waals surface area (Å²) in [5.41, 5.74) is 3.63. The number of benzene rings is 2. The predicted octanol–water partition coefficient (Wildman–Crippen LogP) is 4.54. The number of nitrogens with one attached hydrogen (secondary N) is 1. The van der Waals surface area contributed by atoms with Crippen molar-refractivity contribution in [1.29, 1.82) is 0 Å². The third-order valence-electron chi connectivity index (χ3n) is 3.70. The summed E-state index contributed by atoms with van der Waals surface area (Å²) in [6.07, 6.45) is 0. The summed E-state index contributed by atoms with van der Waals surface area (Å²) in [7, 11) is 0. The zero-order chi connectivity index (χ0) is 15.8. The van der Waals surface area contributed by atoms with Crippen molar-refractivity contribution < 1.29 is 4.74 Å². The molecule has 0 spiro atoms. The lowest BCUT2D eigenvalue weighted by Gasteiger charge is -2.21. The first-order valence-corrected chi connectivity index (χ1v) is 8.07. The molecule has 0 saturated heterocycles. The van der Waals surface area contributed by atoms with Crippen LogP contribution in [0.2, 0.25) is 0 Å². The normalized spacial score (nSPS) is 10.3. The van der Waals surface area contributed by atoms with E-state index in [4.69, 9.17) is 4.74 Å². The van der Waals surface area contributed by atoms with Gasteiger partial charge in [-0.3, -0.25) is 0 Å². The quantitative estimate of drug-likeness (QED) is 0.774. The standard InChI is InChI=1S/C19H26N2O/c1-4-21(5-2)18-12-10-17(11-13-18)20-15-16-8-7-9-19(14-16)22-6-3/h7-14,20H,4-6,15H2,1-3H3. The smallest absolute Gasteiger partial charge is 0.119 e. The van der Waals surface area contributed by atoms with Crippen molar-refractivity contribution in [3.8, 4) is 5.75 Å². The van der Waals surface area contributed by atoms with Crippen LogP contribution in [0.15, 0.2) is 48.5 Å². The summed E-state index contributed by atoms with van der Waals surface area (Å²) in [5.74, 6) is 0.929. The Balaban J connectivity index is 1.95. The maximum atomic E-state index is 5.53. The van der Waals surface area contributed by atoms with Crippen LogP contribution in [-0.4, -0.2) is 19.7 Å². The molecule has 22 heavy (non-hydrogen) atoms. The number of hydrogen-bond donors (Lipinski definition) is 1. The van der Waals surface area contributed by atoms with E-state index in [1.165, 1.54) is 11.3 Å². The van der Waals surface area contributed by atoms with Crippen molar-refractivity contribution in [2.24, 2.45) is 0 Å². The highest BCUT2D eigenvalue weighted by molar-refractivity contribution is 5.55. The van der Waals surface area contributed by atoms with E-state index >= 15 is 0 Å². The first-order chi connectivity index (χ1) is 10.8. The highest BCUT2D eigenvalue weighted by atomic mass is 16.5. The minimum atomic E-state index is 0.698. The molecule has 0 saturated carbocycles. The van der Waals surface area contributed by atoms with Gasteiger partial charge in [-0.05, 0) is 62.7 Å². The van der Waals surface area contributed by atoms with Crippen LogP contribution in [-0.2, 0) is 6.54 Å². The van der Waals surface area contributed by atoms with Gasteiger partial charge >= 0.3 is 0 Å². The molecule has 0 fully saturated rings. The summed E-state index contributed by atoms with van der Waals surface area (Å²) >= 11 is 0. The second kappa shape index (κ2) is 8.32. The molecule has 2 aromatic carbocycles. The van der Waals surface area contributed by atoms with Crippen LogP contribution in [0.3, 0.4) is 0 Å². The van der Waals surface area contributed by atoms with Gasteiger partial charge in [0.1, 0.15) is 5.75 Å². The molecule has 0 amide bonds. The van der Waals surface area contributed by atoms with E-state index in [2.05, 4.69) is 60.5 Å². The van der Waals surface area contributed by atoms with Gasteiger partial charge in [-0.25, -0.2) is 0 Å². The lowest BCUT2D eigenvalue weighted by Crippen LogP contribution is -2.21. The van der Waals surface area contributed by atoms with Crippen molar-refractivity contribution in [3.63, 3.8) is 0 Å². The van der Waals surface area contributed by atoms with Gasteiger partial charge in [-0.15, -0.1) is 0 Å². The molecule has 1 N–H and O–H groups in total. The molecule has 0 bridgehead atoms. The lowest BCUT2D eigenvalue weighted by atomic mass is 10.2. The molecule has 0 aliphatic heterocycles. The Labute approximate surface area is 133 Å². The molecule has 3 nitrogen and oxygen atoms in total. The average molecular weight is 298 g/mol. The Morgan fingerprint density at radius 1 is 0.955 bits per heavy atom. The maximum absolute atomic E-state index is 5.53. The lowest BCUT2D eigenvalue weighted by molar-refractivity contribution is 0.340. The van der Waals surface area contributed by atoms with E-state index in [-0.39, 0.29) is 0 Å². The van der Waals surface area contributed by atoms with Gasteiger partial charge in [0.15, 0.2) is 0 Å². The third kappa shape index (κ3) is 4.42. The van der Waals surface area contributed by atoms with E-state index in [9.17, 15) is 0 Å².